The molecular weight excluding hydrogens is 348 g/mol. The molecule has 0 aliphatic carbocycles. The largest absolute Gasteiger partial charge is 0.350 e. The van der Waals surface area contributed by atoms with Crippen molar-refractivity contribution in [3.05, 3.63) is 82.7 Å². The van der Waals surface area contributed by atoms with Crippen LogP contribution < -0.4 is 10.2 Å². The first-order valence-corrected chi connectivity index (χ1v) is 9.58. The summed E-state index contributed by atoms with van der Waals surface area (Å²) in [6.45, 7) is 6.64. The Kier molecular flexibility index (Phi) is 4.82. The highest BCUT2D eigenvalue weighted by molar-refractivity contribution is 6.06. The smallest absolute Gasteiger partial charge is 0.277 e. The van der Waals surface area contributed by atoms with E-state index in [2.05, 4.69) is 53.4 Å². The van der Waals surface area contributed by atoms with Crippen LogP contribution >= 0.6 is 0 Å². The van der Waals surface area contributed by atoms with Crippen LogP contribution in [0.15, 0.2) is 54.6 Å². The number of rotatable bonds is 4. The summed E-state index contributed by atoms with van der Waals surface area (Å²) in [7, 11) is 0. The Balaban J connectivity index is 1.58. The summed E-state index contributed by atoms with van der Waals surface area (Å²) in [5, 5.41) is 3.25. The van der Waals surface area contributed by atoms with Crippen LogP contribution in [0.2, 0.25) is 0 Å². The molecule has 3 aromatic rings. The standard InChI is InChI=1S/C23H24N4O/c1-15-7-6-8-18(11-15)14-24-23-25-16(2)12-20(26-23)22(28)27-17(3)13-19-9-4-5-10-21(19)27/h4-12,17H,13-14H2,1-3H3,(H,24,25,26). The fourth-order valence-electron chi connectivity index (χ4n) is 3.76. The number of para-hydroxylation sites is 1. The molecule has 1 aliphatic rings. The van der Waals surface area contributed by atoms with Gasteiger partial charge in [0.25, 0.3) is 5.91 Å². The van der Waals surface area contributed by atoms with Crippen molar-refractivity contribution in [2.45, 2.75) is 39.8 Å². The Morgan fingerprint density at radius 2 is 1.93 bits per heavy atom. The van der Waals surface area contributed by atoms with Crippen LogP contribution in [0.5, 0.6) is 0 Å². The van der Waals surface area contributed by atoms with Gasteiger partial charge in [0.2, 0.25) is 5.95 Å². The highest BCUT2D eigenvalue weighted by atomic mass is 16.2. The van der Waals surface area contributed by atoms with Crippen molar-refractivity contribution >= 4 is 17.5 Å². The van der Waals surface area contributed by atoms with Crippen molar-refractivity contribution < 1.29 is 4.79 Å². The lowest BCUT2D eigenvalue weighted by Gasteiger charge is -2.22. The maximum Gasteiger partial charge on any atom is 0.277 e. The zero-order chi connectivity index (χ0) is 19.7. The van der Waals surface area contributed by atoms with Gasteiger partial charge in [0, 0.05) is 24.0 Å². The van der Waals surface area contributed by atoms with Crippen molar-refractivity contribution in [2.24, 2.45) is 0 Å². The molecule has 5 heteroatoms. The van der Waals surface area contributed by atoms with Crippen LogP contribution in [0.4, 0.5) is 11.6 Å². The van der Waals surface area contributed by atoms with E-state index in [4.69, 9.17) is 0 Å². The summed E-state index contributed by atoms with van der Waals surface area (Å²) in [6.07, 6.45) is 0.866. The number of nitrogens with one attached hydrogen (secondary N) is 1. The molecule has 0 spiro atoms. The van der Waals surface area contributed by atoms with Gasteiger partial charge in [0.15, 0.2) is 0 Å². The molecule has 0 saturated carbocycles. The average Bonchev–Trinajstić information content (AvgIpc) is 3.01. The zero-order valence-electron chi connectivity index (χ0n) is 16.4. The van der Waals surface area contributed by atoms with Crippen molar-refractivity contribution in [1.29, 1.82) is 0 Å². The number of carbonyl (C=O) groups is 1. The van der Waals surface area contributed by atoms with E-state index in [1.807, 2.05) is 36.1 Å². The van der Waals surface area contributed by atoms with Gasteiger partial charge in [-0.25, -0.2) is 9.97 Å². The summed E-state index contributed by atoms with van der Waals surface area (Å²) in [5.74, 6) is 0.395. The van der Waals surface area contributed by atoms with Crippen LogP contribution in [-0.4, -0.2) is 21.9 Å². The molecular formula is C23H24N4O. The van der Waals surface area contributed by atoms with Gasteiger partial charge < -0.3 is 10.2 Å². The molecule has 2 heterocycles. The number of amides is 1. The molecule has 1 atom stereocenters. The molecule has 1 amide bonds. The van der Waals surface area contributed by atoms with Crippen LogP contribution in [0, 0.1) is 13.8 Å². The second-order valence-electron chi connectivity index (χ2n) is 7.42. The minimum absolute atomic E-state index is 0.0819. The van der Waals surface area contributed by atoms with Gasteiger partial charge in [-0.05, 0) is 50.5 Å². The number of fused-ring (bicyclic) bond motifs is 1. The average molecular weight is 372 g/mol. The van der Waals surface area contributed by atoms with E-state index in [0.29, 0.717) is 18.2 Å². The molecule has 1 aliphatic heterocycles. The molecule has 5 nitrogen and oxygen atoms in total. The molecule has 0 saturated heterocycles. The van der Waals surface area contributed by atoms with Gasteiger partial charge in [-0.1, -0.05) is 48.0 Å². The molecule has 1 aromatic heterocycles. The molecule has 0 bridgehead atoms. The van der Waals surface area contributed by atoms with E-state index in [-0.39, 0.29) is 11.9 Å². The first-order chi connectivity index (χ1) is 13.5. The third kappa shape index (κ3) is 3.60. The topological polar surface area (TPSA) is 58.1 Å². The minimum Gasteiger partial charge on any atom is -0.350 e. The molecule has 1 unspecified atom stereocenters. The van der Waals surface area contributed by atoms with E-state index in [1.54, 1.807) is 6.07 Å². The van der Waals surface area contributed by atoms with Crippen molar-refractivity contribution in [3.8, 4) is 0 Å². The number of benzene rings is 2. The van der Waals surface area contributed by atoms with Gasteiger partial charge in [0.1, 0.15) is 5.69 Å². The van der Waals surface area contributed by atoms with Crippen LogP contribution in [0.1, 0.15) is 39.8 Å². The van der Waals surface area contributed by atoms with E-state index >= 15 is 0 Å². The third-order valence-corrected chi connectivity index (χ3v) is 5.03. The lowest BCUT2D eigenvalue weighted by atomic mass is 10.1. The van der Waals surface area contributed by atoms with Crippen LogP contribution in [0.25, 0.3) is 0 Å². The second kappa shape index (κ2) is 7.43. The van der Waals surface area contributed by atoms with Gasteiger partial charge in [-0.2, -0.15) is 0 Å². The van der Waals surface area contributed by atoms with Gasteiger partial charge in [-0.15, -0.1) is 0 Å². The Hall–Kier alpha value is -3.21. The molecule has 4 rings (SSSR count). The van der Waals surface area contributed by atoms with Crippen molar-refractivity contribution in [3.63, 3.8) is 0 Å². The van der Waals surface area contributed by atoms with Crippen LogP contribution in [0.3, 0.4) is 0 Å². The Morgan fingerprint density at radius 3 is 2.75 bits per heavy atom. The third-order valence-electron chi connectivity index (χ3n) is 5.03. The molecule has 2 aromatic carbocycles. The van der Waals surface area contributed by atoms with E-state index in [0.717, 1.165) is 23.4 Å². The highest BCUT2D eigenvalue weighted by Crippen LogP contribution is 2.32. The molecule has 142 valence electrons. The fraction of sp³-hybridized carbons (Fsp3) is 0.261. The Labute approximate surface area is 165 Å². The first-order valence-electron chi connectivity index (χ1n) is 9.58. The molecule has 28 heavy (non-hydrogen) atoms. The van der Waals surface area contributed by atoms with Gasteiger partial charge >= 0.3 is 0 Å². The highest BCUT2D eigenvalue weighted by Gasteiger charge is 2.32. The maximum atomic E-state index is 13.3. The summed E-state index contributed by atoms with van der Waals surface area (Å²) in [6, 6.07) is 18.2. The maximum absolute atomic E-state index is 13.3. The Bertz CT molecular complexity index is 1030. The van der Waals surface area contributed by atoms with E-state index in [9.17, 15) is 4.79 Å². The quantitative estimate of drug-likeness (QED) is 0.742. The summed E-state index contributed by atoms with van der Waals surface area (Å²) < 4.78 is 0. The van der Waals surface area contributed by atoms with Crippen LogP contribution in [-0.2, 0) is 13.0 Å². The first kappa shape index (κ1) is 18.2. The lowest BCUT2D eigenvalue weighted by molar-refractivity contribution is 0.0976. The molecule has 1 N–H and O–H groups in total. The Morgan fingerprint density at radius 1 is 1.11 bits per heavy atom. The number of hydrogen-bond acceptors (Lipinski definition) is 4. The zero-order valence-corrected chi connectivity index (χ0v) is 16.4. The number of nitrogens with zero attached hydrogens (tertiary/aromatic N) is 3. The normalized spacial score (nSPS) is 15.4. The van der Waals surface area contributed by atoms with Crippen molar-refractivity contribution in [2.75, 3.05) is 10.2 Å². The number of aryl methyl sites for hydroxylation is 2. The van der Waals surface area contributed by atoms with E-state index in [1.165, 1.54) is 11.1 Å². The predicted molar refractivity (Wildman–Crippen MR) is 112 cm³/mol. The molecule has 0 radical (unpaired) electrons. The van der Waals surface area contributed by atoms with Gasteiger partial charge in [-0.3, -0.25) is 4.79 Å². The summed E-state index contributed by atoms with van der Waals surface area (Å²) in [4.78, 5) is 24.1. The minimum atomic E-state index is -0.0819. The number of carbonyl (C=O) groups excluding carboxylic acids is 1. The summed E-state index contributed by atoms with van der Waals surface area (Å²) in [5.41, 5.74) is 5.73. The fourth-order valence-corrected chi connectivity index (χ4v) is 3.76. The number of hydrogen-bond donors (Lipinski definition) is 1. The van der Waals surface area contributed by atoms with E-state index < -0.39 is 0 Å². The molecule has 0 fully saturated rings. The SMILES string of the molecule is Cc1cccc(CNc2nc(C)cc(C(=O)N3c4ccccc4CC3C)n2)c1. The second-order valence-corrected chi connectivity index (χ2v) is 7.42. The summed E-state index contributed by atoms with van der Waals surface area (Å²) >= 11 is 0. The lowest BCUT2D eigenvalue weighted by Crippen LogP contribution is -2.36. The number of aromatic nitrogens is 2. The van der Waals surface area contributed by atoms with Crippen molar-refractivity contribution in [1.82, 2.24) is 9.97 Å². The predicted octanol–water partition coefficient (Wildman–Crippen LogP) is 4.30. The van der Waals surface area contributed by atoms with Gasteiger partial charge in [0.05, 0.1) is 0 Å². The number of anilines is 2. The monoisotopic (exact) mass is 372 g/mol.